The normalized spacial score (nSPS) is 9.35. The van der Waals surface area contributed by atoms with Gasteiger partial charge >= 0.3 is 0 Å². The van der Waals surface area contributed by atoms with Crippen LogP contribution in [0.2, 0.25) is 0 Å². The summed E-state index contributed by atoms with van der Waals surface area (Å²) in [7, 11) is 8.41. The highest BCUT2D eigenvalue weighted by molar-refractivity contribution is 7.16. The standard InChI is InChI=1S/C13H17P3.2C2H6/c14-6-9-1-2-10-4-12(7-15)13(8-16)5-11(10)3-9;2*1-2/h1-5H,6-8,14-16H2;2*1-2H3. The fourth-order valence-electron chi connectivity index (χ4n) is 1.95. The molecule has 0 bridgehead atoms. The number of rotatable bonds is 3. The molecule has 0 fully saturated rings. The van der Waals surface area contributed by atoms with Gasteiger partial charge in [0, 0.05) is 0 Å². The zero-order valence-corrected chi connectivity index (χ0v) is 16.7. The van der Waals surface area contributed by atoms with E-state index >= 15 is 0 Å². The van der Waals surface area contributed by atoms with E-state index in [1.807, 2.05) is 27.7 Å². The van der Waals surface area contributed by atoms with Gasteiger partial charge in [-0.15, -0.1) is 27.7 Å². The van der Waals surface area contributed by atoms with Crippen LogP contribution in [0.15, 0.2) is 30.3 Å². The van der Waals surface area contributed by atoms with Crippen LogP contribution >= 0.6 is 27.7 Å². The second-order valence-electron chi connectivity index (χ2n) is 3.91. The first-order valence-corrected chi connectivity index (χ1v) is 9.88. The Bertz CT molecular complexity index is 507. The maximum atomic E-state index is 2.82. The van der Waals surface area contributed by atoms with Gasteiger partial charge in [0.05, 0.1) is 0 Å². The highest BCUT2D eigenvalue weighted by atomic mass is 31.0. The van der Waals surface area contributed by atoms with Crippen molar-refractivity contribution in [3.05, 3.63) is 47.0 Å². The van der Waals surface area contributed by atoms with Crippen LogP contribution in [0.25, 0.3) is 10.8 Å². The molecule has 0 N–H and O–H groups in total. The Morgan fingerprint density at radius 2 is 1.15 bits per heavy atom. The third-order valence-electron chi connectivity index (χ3n) is 2.90. The second kappa shape index (κ2) is 11.6. The summed E-state index contributed by atoms with van der Waals surface area (Å²) in [5.74, 6) is 0. The number of benzene rings is 2. The van der Waals surface area contributed by atoms with Crippen molar-refractivity contribution in [1.82, 2.24) is 0 Å². The van der Waals surface area contributed by atoms with Crippen molar-refractivity contribution >= 4 is 38.5 Å². The van der Waals surface area contributed by atoms with Crippen LogP contribution in [0.5, 0.6) is 0 Å². The van der Waals surface area contributed by atoms with Gasteiger partial charge in [-0.05, 0) is 45.9 Å². The summed E-state index contributed by atoms with van der Waals surface area (Å²) in [4.78, 5) is 0. The zero-order chi connectivity index (χ0) is 15.5. The van der Waals surface area contributed by atoms with Gasteiger partial charge in [-0.2, -0.15) is 0 Å². The SMILES string of the molecule is CC.CC.PCc1ccc2cc(CP)c(CP)cc2c1. The van der Waals surface area contributed by atoms with E-state index in [1.54, 1.807) is 0 Å². The third kappa shape index (κ3) is 5.41. The summed E-state index contributed by atoms with van der Waals surface area (Å²) in [5, 5.41) is 2.71. The number of fused-ring (bicyclic) bond motifs is 1. The van der Waals surface area contributed by atoms with Crippen molar-refractivity contribution in [2.45, 2.75) is 46.2 Å². The minimum atomic E-state index is 1.03. The molecule has 0 saturated carbocycles. The maximum absolute atomic E-state index is 2.82. The topological polar surface area (TPSA) is 0 Å². The fraction of sp³-hybridized carbons (Fsp3) is 0.412. The van der Waals surface area contributed by atoms with E-state index in [0.717, 1.165) is 18.5 Å². The summed E-state index contributed by atoms with van der Waals surface area (Å²) < 4.78 is 0. The highest BCUT2D eigenvalue weighted by Gasteiger charge is 2.02. The van der Waals surface area contributed by atoms with Gasteiger partial charge in [-0.25, -0.2) is 0 Å². The molecule has 0 aliphatic heterocycles. The molecular weight excluding hydrogens is 297 g/mol. The Morgan fingerprint density at radius 3 is 1.60 bits per heavy atom. The van der Waals surface area contributed by atoms with Crippen molar-refractivity contribution < 1.29 is 0 Å². The summed E-state index contributed by atoms with van der Waals surface area (Å²) in [6, 6.07) is 11.4. The molecule has 3 heteroatoms. The fourth-order valence-corrected chi connectivity index (χ4v) is 2.96. The first kappa shape index (κ1) is 20.0. The average molecular weight is 326 g/mol. The van der Waals surface area contributed by atoms with Crippen LogP contribution in [0.1, 0.15) is 44.4 Å². The Morgan fingerprint density at radius 1 is 0.650 bits per heavy atom. The quantitative estimate of drug-likeness (QED) is 0.605. The van der Waals surface area contributed by atoms with Crippen LogP contribution < -0.4 is 0 Å². The van der Waals surface area contributed by atoms with Crippen molar-refractivity contribution in [2.75, 3.05) is 0 Å². The van der Waals surface area contributed by atoms with Crippen LogP contribution in [-0.4, -0.2) is 0 Å². The van der Waals surface area contributed by atoms with Crippen molar-refractivity contribution in [3.63, 3.8) is 0 Å². The van der Waals surface area contributed by atoms with Crippen molar-refractivity contribution in [1.29, 1.82) is 0 Å². The van der Waals surface area contributed by atoms with Gasteiger partial charge in [-0.1, -0.05) is 58.0 Å². The first-order valence-electron chi connectivity index (χ1n) is 7.43. The molecule has 2 aromatic rings. The lowest BCUT2D eigenvalue weighted by atomic mass is 10.0. The van der Waals surface area contributed by atoms with E-state index in [9.17, 15) is 0 Å². The number of hydrogen-bond donors (Lipinski definition) is 0. The lowest BCUT2D eigenvalue weighted by Gasteiger charge is -2.09. The molecular formula is C17H29P3. The van der Waals surface area contributed by atoms with E-state index in [4.69, 9.17) is 0 Å². The van der Waals surface area contributed by atoms with Crippen LogP contribution in [0.4, 0.5) is 0 Å². The van der Waals surface area contributed by atoms with E-state index in [1.165, 1.54) is 27.5 Å². The molecule has 0 aliphatic rings. The summed E-state index contributed by atoms with van der Waals surface area (Å²) >= 11 is 0. The zero-order valence-electron chi connectivity index (χ0n) is 13.2. The average Bonchev–Trinajstić information content (AvgIpc) is 2.56. The van der Waals surface area contributed by atoms with E-state index in [0.29, 0.717) is 0 Å². The predicted octanol–water partition coefficient (Wildman–Crippen LogP) is 6.02. The molecule has 3 atom stereocenters. The molecule has 0 saturated heterocycles. The highest BCUT2D eigenvalue weighted by Crippen LogP contribution is 2.25. The first-order chi connectivity index (χ1) is 9.78. The lowest BCUT2D eigenvalue weighted by Crippen LogP contribution is -1.89. The molecule has 0 aromatic heterocycles. The van der Waals surface area contributed by atoms with Gasteiger partial charge < -0.3 is 0 Å². The van der Waals surface area contributed by atoms with Gasteiger partial charge in [0.15, 0.2) is 0 Å². The largest absolute Gasteiger partial charge is 0.133 e. The summed E-state index contributed by atoms with van der Waals surface area (Å²) in [5.41, 5.74) is 4.25. The van der Waals surface area contributed by atoms with Gasteiger partial charge in [-0.3, -0.25) is 0 Å². The molecule has 2 aromatic carbocycles. The van der Waals surface area contributed by atoms with Gasteiger partial charge in [0.1, 0.15) is 0 Å². The second-order valence-corrected chi connectivity index (χ2v) is 5.14. The molecule has 0 spiro atoms. The van der Waals surface area contributed by atoms with Crippen molar-refractivity contribution in [3.8, 4) is 0 Å². The molecule has 2 rings (SSSR count). The maximum Gasteiger partial charge on any atom is -0.0125 e. The Hall–Kier alpha value is -0.0100. The van der Waals surface area contributed by atoms with E-state index < -0.39 is 0 Å². The van der Waals surface area contributed by atoms with Gasteiger partial charge in [0.2, 0.25) is 0 Å². The van der Waals surface area contributed by atoms with Gasteiger partial charge in [0.25, 0.3) is 0 Å². The smallest absolute Gasteiger partial charge is 0.0125 e. The Kier molecular flexibility index (Phi) is 11.6. The molecule has 0 heterocycles. The van der Waals surface area contributed by atoms with Crippen LogP contribution in [-0.2, 0) is 18.5 Å². The summed E-state index contributed by atoms with van der Waals surface area (Å²) in [6.45, 7) is 8.00. The molecule has 0 aliphatic carbocycles. The number of hydrogen-bond acceptors (Lipinski definition) is 0. The minimum absolute atomic E-state index is 1.03. The lowest BCUT2D eigenvalue weighted by molar-refractivity contribution is 1.30. The summed E-state index contributed by atoms with van der Waals surface area (Å²) in [6.07, 6.45) is 3.09. The van der Waals surface area contributed by atoms with Crippen LogP contribution in [0.3, 0.4) is 0 Å². The van der Waals surface area contributed by atoms with Crippen LogP contribution in [0, 0.1) is 0 Å². The Labute approximate surface area is 132 Å². The van der Waals surface area contributed by atoms with E-state index in [-0.39, 0.29) is 0 Å². The monoisotopic (exact) mass is 326 g/mol. The molecule has 112 valence electrons. The Balaban J connectivity index is 0.000000829. The predicted molar refractivity (Wildman–Crippen MR) is 107 cm³/mol. The molecule has 20 heavy (non-hydrogen) atoms. The third-order valence-corrected chi connectivity index (χ3v) is 4.25. The molecule has 0 nitrogen and oxygen atoms in total. The van der Waals surface area contributed by atoms with E-state index in [2.05, 4.69) is 58.1 Å². The minimum Gasteiger partial charge on any atom is -0.133 e. The molecule has 0 radical (unpaired) electrons. The molecule has 3 unspecified atom stereocenters. The molecule has 0 amide bonds. The van der Waals surface area contributed by atoms with Crippen molar-refractivity contribution in [2.24, 2.45) is 0 Å².